The molecule has 0 spiro atoms. The molecule has 24 heavy (non-hydrogen) atoms. The van der Waals surface area contributed by atoms with Crippen molar-refractivity contribution in [3.05, 3.63) is 66.0 Å². The molecule has 0 saturated carbocycles. The highest BCUT2D eigenvalue weighted by molar-refractivity contribution is 5.79. The summed E-state index contributed by atoms with van der Waals surface area (Å²) in [6, 6.07) is 16.1. The van der Waals surface area contributed by atoms with Crippen molar-refractivity contribution in [2.24, 2.45) is 4.99 Å². The van der Waals surface area contributed by atoms with Crippen molar-refractivity contribution in [2.45, 2.75) is 19.4 Å². The largest absolute Gasteiger partial charge is 0.375 e. The molecule has 0 fully saturated rings. The molecule has 1 aromatic carbocycles. The quantitative estimate of drug-likeness (QED) is 0.578. The summed E-state index contributed by atoms with van der Waals surface area (Å²) in [5.41, 5.74) is 2.20. The normalized spacial score (nSPS) is 12.7. The summed E-state index contributed by atoms with van der Waals surface area (Å²) in [5.74, 6) is 0.798. The predicted molar refractivity (Wildman–Crippen MR) is 98.1 cm³/mol. The first-order chi connectivity index (χ1) is 11.8. The SMILES string of the molecule is CCNC(=NCC(OC)c1ccccc1)NCCc1ccccn1. The predicted octanol–water partition coefficient (Wildman–Crippen LogP) is 2.57. The molecule has 2 N–H and O–H groups in total. The molecule has 0 radical (unpaired) electrons. The van der Waals surface area contributed by atoms with Crippen LogP contribution in [-0.2, 0) is 11.2 Å². The number of hydrogen-bond donors (Lipinski definition) is 2. The van der Waals surface area contributed by atoms with Crippen LogP contribution < -0.4 is 10.6 Å². The first-order valence-electron chi connectivity index (χ1n) is 8.33. The molecule has 1 atom stereocenters. The molecule has 0 bridgehead atoms. The van der Waals surface area contributed by atoms with Gasteiger partial charge in [0.1, 0.15) is 6.10 Å². The van der Waals surface area contributed by atoms with Crippen LogP contribution >= 0.6 is 0 Å². The Hall–Kier alpha value is -2.40. The number of benzene rings is 1. The standard InChI is InChI=1S/C19H26N4O/c1-3-20-19(22-14-12-17-11-7-8-13-21-17)23-15-18(24-2)16-9-5-4-6-10-16/h4-11,13,18H,3,12,14-15H2,1-2H3,(H2,20,22,23). The van der Waals surface area contributed by atoms with Gasteiger partial charge in [0, 0.05) is 38.5 Å². The van der Waals surface area contributed by atoms with E-state index in [9.17, 15) is 0 Å². The van der Waals surface area contributed by atoms with E-state index in [0.29, 0.717) is 6.54 Å². The van der Waals surface area contributed by atoms with Crippen LogP contribution in [0.4, 0.5) is 0 Å². The van der Waals surface area contributed by atoms with Crippen molar-refractivity contribution in [1.29, 1.82) is 0 Å². The third-order valence-electron chi connectivity index (χ3n) is 3.62. The summed E-state index contributed by atoms with van der Waals surface area (Å²) in [6.45, 7) is 4.23. The summed E-state index contributed by atoms with van der Waals surface area (Å²) in [7, 11) is 1.72. The van der Waals surface area contributed by atoms with E-state index in [-0.39, 0.29) is 6.10 Å². The van der Waals surface area contributed by atoms with E-state index in [2.05, 4.69) is 39.7 Å². The Morgan fingerprint density at radius 2 is 1.92 bits per heavy atom. The van der Waals surface area contributed by atoms with Crippen molar-refractivity contribution in [2.75, 3.05) is 26.7 Å². The number of methoxy groups -OCH3 is 1. The van der Waals surface area contributed by atoms with Crippen LogP contribution in [0, 0.1) is 0 Å². The summed E-state index contributed by atoms with van der Waals surface area (Å²) in [4.78, 5) is 8.97. The fraction of sp³-hybridized carbons (Fsp3) is 0.368. The number of ether oxygens (including phenoxy) is 1. The van der Waals surface area contributed by atoms with E-state index in [1.54, 1.807) is 7.11 Å². The fourth-order valence-corrected chi connectivity index (χ4v) is 2.35. The van der Waals surface area contributed by atoms with Crippen LogP contribution in [0.15, 0.2) is 59.7 Å². The number of hydrogen-bond acceptors (Lipinski definition) is 3. The van der Waals surface area contributed by atoms with Gasteiger partial charge < -0.3 is 15.4 Å². The zero-order chi connectivity index (χ0) is 17.0. The highest BCUT2D eigenvalue weighted by atomic mass is 16.5. The van der Waals surface area contributed by atoms with Gasteiger partial charge in [-0.1, -0.05) is 36.4 Å². The molecule has 1 heterocycles. The summed E-state index contributed by atoms with van der Waals surface area (Å²) in [6.07, 6.45) is 2.63. The maximum atomic E-state index is 5.57. The molecule has 0 saturated heterocycles. The number of nitrogens with one attached hydrogen (secondary N) is 2. The van der Waals surface area contributed by atoms with E-state index in [1.165, 1.54) is 0 Å². The Balaban J connectivity index is 1.89. The Morgan fingerprint density at radius 1 is 1.12 bits per heavy atom. The van der Waals surface area contributed by atoms with Gasteiger partial charge in [-0.05, 0) is 24.6 Å². The third kappa shape index (κ3) is 6.01. The average molecular weight is 326 g/mol. The second-order valence-corrected chi connectivity index (χ2v) is 5.35. The molecule has 2 aromatic rings. The van der Waals surface area contributed by atoms with Crippen molar-refractivity contribution in [3.8, 4) is 0 Å². The molecule has 128 valence electrons. The zero-order valence-electron chi connectivity index (χ0n) is 14.4. The van der Waals surface area contributed by atoms with Gasteiger partial charge in [0.15, 0.2) is 5.96 Å². The highest BCUT2D eigenvalue weighted by Crippen LogP contribution is 2.16. The molecule has 5 nitrogen and oxygen atoms in total. The molecule has 1 unspecified atom stereocenters. The lowest BCUT2D eigenvalue weighted by Crippen LogP contribution is -2.38. The maximum absolute atomic E-state index is 5.57. The number of rotatable bonds is 8. The smallest absolute Gasteiger partial charge is 0.191 e. The van der Waals surface area contributed by atoms with E-state index >= 15 is 0 Å². The molecular formula is C19H26N4O. The molecule has 0 aliphatic rings. The zero-order valence-corrected chi connectivity index (χ0v) is 14.4. The van der Waals surface area contributed by atoms with E-state index in [4.69, 9.17) is 4.74 Å². The van der Waals surface area contributed by atoms with Gasteiger partial charge in [0.2, 0.25) is 0 Å². The Morgan fingerprint density at radius 3 is 2.58 bits per heavy atom. The van der Waals surface area contributed by atoms with Crippen LogP contribution in [0.1, 0.15) is 24.3 Å². The molecule has 5 heteroatoms. The third-order valence-corrected chi connectivity index (χ3v) is 3.62. The Labute approximate surface area is 144 Å². The summed E-state index contributed by atoms with van der Waals surface area (Å²) < 4.78 is 5.57. The molecule has 0 amide bonds. The van der Waals surface area contributed by atoms with Crippen molar-refractivity contribution in [1.82, 2.24) is 15.6 Å². The monoisotopic (exact) mass is 326 g/mol. The van der Waals surface area contributed by atoms with Crippen molar-refractivity contribution < 1.29 is 4.74 Å². The first-order valence-corrected chi connectivity index (χ1v) is 8.33. The maximum Gasteiger partial charge on any atom is 0.191 e. The highest BCUT2D eigenvalue weighted by Gasteiger charge is 2.09. The minimum Gasteiger partial charge on any atom is -0.375 e. The molecule has 0 aliphatic heterocycles. The number of nitrogens with zero attached hydrogens (tertiary/aromatic N) is 2. The first kappa shape index (κ1) is 17.9. The molecule has 2 rings (SSSR count). The van der Waals surface area contributed by atoms with Crippen molar-refractivity contribution >= 4 is 5.96 Å². The van der Waals surface area contributed by atoms with Crippen LogP contribution in [0.5, 0.6) is 0 Å². The van der Waals surface area contributed by atoms with Crippen LogP contribution in [0.3, 0.4) is 0 Å². The van der Waals surface area contributed by atoms with Gasteiger partial charge in [0.25, 0.3) is 0 Å². The van der Waals surface area contributed by atoms with Crippen molar-refractivity contribution in [3.63, 3.8) is 0 Å². The fourth-order valence-electron chi connectivity index (χ4n) is 2.35. The molecule has 0 aliphatic carbocycles. The van der Waals surface area contributed by atoms with Gasteiger partial charge in [-0.3, -0.25) is 9.98 Å². The van der Waals surface area contributed by atoms with Crippen LogP contribution in [0.2, 0.25) is 0 Å². The minimum absolute atomic E-state index is 0.0440. The molecule has 1 aromatic heterocycles. The van der Waals surface area contributed by atoms with Crippen LogP contribution in [-0.4, -0.2) is 37.7 Å². The van der Waals surface area contributed by atoms with E-state index in [0.717, 1.165) is 36.7 Å². The lowest BCUT2D eigenvalue weighted by Gasteiger charge is -2.16. The van der Waals surface area contributed by atoms with Gasteiger partial charge in [-0.2, -0.15) is 0 Å². The second kappa shape index (κ2) is 10.4. The minimum atomic E-state index is -0.0440. The van der Waals surface area contributed by atoms with Crippen LogP contribution in [0.25, 0.3) is 0 Å². The number of aromatic nitrogens is 1. The van der Waals surface area contributed by atoms with E-state index in [1.807, 2.05) is 42.6 Å². The van der Waals surface area contributed by atoms with Gasteiger partial charge in [-0.15, -0.1) is 0 Å². The lowest BCUT2D eigenvalue weighted by atomic mass is 10.1. The Bertz CT molecular complexity index is 601. The lowest BCUT2D eigenvalue weighted by molar-refractivity contribution is 0.111. The number of pyridine rings is 1. The Kier molecular flexibility index (Phi) is 7.77. The summed E-state index contributed by atoms with van der Waals surface area (Å²) in [5, 5.41) is 6.61. The van der Waals surface area contributed by atoms with Gasteiger partial charge in [0.05, 0.1) is 6.54 Å². The number of guanidine groups is 1. The average Bonchev–Trinajstić information content (AvgIpc) is 2.64. The number of aliphatic imine (C=N–C) groups is 1. The van der Waals surface area contributed by atoms with Gasteiger partial charge >= 0.3 is 0 Å². The van der Waals surface area contributed by atoms with Gasteiger partial charge in [-0.25, -0.2) is 0 Å². The second-order valence-electron chi connectivity index (χ2n) is 5.35. The summed E-state index contributed by atoms with van der Waals surface area (Å²) >= 11 is 0. The topological polar surface area (TPSA) is 58.5 Å². The van der Waals surface area contributed by atoms with E-state index < -0.39 is 0 Å². The molecular weight excluding hydrogens is 300 g/mol.